The van der Waals surface area contributed by atoms with Gasteiger partial charge in [-0.3, -0.25) is 4.79 Å². The first-order valence-corrected chi connectivity index (χ1v) is 8.01. The SMILES string of the molecule is Cc1cccc(CN2CCCC(O)(CNC(CO)CO)C2=O)c1. The summed E-state index contributed by atoms with van der Waals surface area (Å²) in [5, 5.41) is 31.7. The molecule has 6 heteroatoms. The molecule has 1 saturated heterocycles. The van der Waals surface area contributed by atoms with E-state index in [1.165, 1.54) is 0 Å². The van der Waals surface area contributed by atoms with E-state index >= 15 is 0 Å². The molecule has 2 rings (SSSR count). The van der Waals surface area contributed by atoms with E-state index in [1.54, 1.807) is 4.90 Å². The predicted molar refractivity (Wildman–Crippen MR) is 86.7 cm³/mol. The van der Waals surface area contributed by atoms with E-state index in [1.807, 2.05) is 31.2 Å². The van der Waals surface area contributed by atoms with Gasteiger partial charge in [0.2, 0.25) is 0 Å². The quantitative estimate of drug-likeness (QED) is 0.557. The number of rotatable bonds is 7. The predicted octanol–water partition coefficient (Wildman–Crippen LogP) is -0.209. The topological polar surface area (TPSA) is 93.0 Å². The summed E-state index contributed by atoms with van der Waals surface area (Å²) in [7, 11) is 0. The van der Waals surface area contributed by atoms with E-state index in [2.05, 4.69) is 5.32 Å². The van der Waals surface area contributed by atoms with Gasteiger partial charge in [0.1, 0.15) is 0 Å². The summed E-state index contributed by atoms with van der Waals surface area (Å²) in [5.41, 5.74) is 0.696. The van der Waals surface area contributed by atoms with Gasteiger partial charge in [-0.25, -0.2) is 0 Å². The molecule has 0 radical (unpaired) electrons. The van der Waals surface area contributed by atoms with Gasteiger partial charge in [-0.05, 0) is 25.3 Å². The second kappa shape index (κ2) is 7.88. The van der Waals surface area contributed by atoms with E-state index in [4.69, 9.17) is 10.2 Å². The van der Waals surface area contributed by atoms with Gasteiger partial charge < -0.3 is 25.5 Å². The summed E-state index contributed by atoms with van der Waals surface area (Å²) >= 11 is 0. The van der Waals surface area contributed by atoms with Crippen molar-refractivity contribution in [2.24, 2.45) is 0 Å². The van der Waals surface area contributed by atoms with Crippen LogP contribution in [0.3, 0.4) is 0 Å². The van der Waals surface area contributed by atoms with Gasteiger partial charge in [-0.2, -0.15) is 0 Å². The smallest absolute Gasteiger partial charge is 0.256 e. The molecule has 0 aliphatic carbocycles. The van der Waals surface area contributed by atoms with E-state index in [0.717, 1.165) is 17.5 Å². The fourth-order valence-corrected chi connectivity index (χ4v) is 2.91. The van der Waals surface area contributed by atoms with Crippen LogP contribution in [0.2, 0.25) is 0 Å². The maximum absolute atomic E-state index is 12.6. The van der Waals surface area contributed by atoms with Crippen molar-refractivity contribution >= 4 is 5.91 Å². The summed E-state index contributed by atoms with van der Waals surface area (Å²) in [6.07, 6.45) is 1.10. The molecule has 0 spiro atoms. The van der Waals surface area contributed by atoms with Crippen molar-refractivity contribution in [3.8, 4) is 0 Å². The lowest BCUT2D eigenvalue weighted by molar-refractivity contribution is -0.157. The fourth-order valence-electron chi connectivity index (χ4n) is 2.91. The average molecular weight is 322 g/mol. The summed E-state index contributed by atoms with van der Waals surface area (Å²) in [6, 6.07) is 7.44. The fraction of sp³-hybridized carbons (Fsp3) is 0.588. The van der Waals surface area contributed by atoms with E-state index in [9.17, 15) is 9.90 Å². The minimum absolute atomic E-state index is 0.0297. The molecule has 1 aromatic carbocycles. The number of nitrogens with one attached hydrogen (secondary N) is 1. The van der Waals surface area contributed by atoms with Crippen LogP contribution in [0.5, 0.6) is 0 Å². The Morgan fingerprint density at radius 2 is 2.09 bits per heavy atom. The zero-order valence-corrected chi connectivity index (χ0v) is 13.5. The Hall–Kier alpha value is -1.47. The lowest BCUT2D eigenvalue weighted by Crippen LogP contribution is -2.59. The molecule has 0 saturated carbocycles. The molecule has 1 heterocycles. The Morgan fingerprint density at radius 1 is 1.35 bits per heavy atom. The van der Waals surface area contributed by atoms with Gasteiger partial charge in [0.05, 0.1) is 19.3 Å². The molecule has 1 aliphatic rings. The van der Waals surface area contributed by atoms with E-state index in [0.29, 0.717) is 19.5 Å². The highest BCUT2D eigenvalue weighted by molar-refractivity contribution is 5.86. The standard InChI is InChI=1S/C17H26N2O4/c1-13-4-2-5-14(8-13)9-19-7-3-6-17(23,16(19)22)12-18-15(10-20)11-21/h2,4-5,8,15,18,20-21,23H,3,6-7,9-12H2,1H3. The Labute approximate surface area is 136 Å². The summed E-state index contributed by atoms with van der Waals surface area (Å²) in [5.74, 6) is -0.299. The molecule has 6 nitrogen and oxygen atoms in total. The first-order chi connectivity index (χ1) is 11.0. The van der Waals surface area contributed by atoms with Gasteiger partial charge in [0.25, 0.3) is 5.91 Å². The number of hydrogen-bond acceptors (Lipinski definition) is 5. The van der Waals surface area contributed by atoms with Crippen LogP contribution in [0.1, 0.15) is 24.0 Å². The highest BCUT2D eigenvalue weighted by Crippen LogP contribution is 2.24. The molecule has 128 valence electrons. The van der Waals surface area contributed by atoms with E-state index < -0.39 is 11.6 Å². The van der Waals surface area contributed by atoms with Crippen LogP contribution in [0.15, 0.2) is 24.3 Å². The third kappa shape index (κ3) is 4.51. The number of nitrogens with zero attached hydrogens (tertiary/aromatic N) is 1. The van der Waals surface area contributed by atoms with Gasteiger partial charge in [0, 0.05) is 19.6 Å². The first kappa shape index (κ1) is 17.9. The normalized spacial score (nSPS) is 22.0. The number of aryl methyl sites for hydroxylation is 1. The number of aliphatic hydroxyl groups excluding tert-OH is 2. The number of likely N-dealkylation sites (tertiary alicyclic amines) is 1. The number of piperidine rings is 1. The van der Waals surface area contributed by atoms with Gasteiger partial charge in [-0.1, -0.05) is 29.8 Å². The third-order valence-corrected chi connectivity index (χ3v) is 4.28. The molecule has 1 amide bonds. The van der Waals surface area contributed by atoms with Crippen LogP contribution in [0.25, 0.3) is 0 Å². The van der Waals surface area contributed by atoms with Gasteiger partial charge >= 0.3 is 0 Å². The number of carbonyl (C=O) groups is 1. The lowest BCUT2D eigenvalue weighted by atomic mass is 9.91. The molecule has 23 heavy (non-hydrogen) atoms. The number of benzene rings is 1. The Morgan fingerprint density at radius 3 is 2.74 bits per heavy atom. The van der Waals surface area contributed by atoms with Crippen LogP contribution in [-0.2, 0) is 11.3 Å². The monoisotopic (exact) mass is 322 g/mol. The van der Waals surface area contributed by atoms with Crippen molar-refractivity contribution in [3.63, 3.8) is 0 Å². The third-order valence-electron chi connectivity index (χ3n) is 4.28. The zero-order chi connectivity index (χ0) is 16.9. The summed E-state index contributed by atoms with van der Waals surface area (Å²) in [4.78, 5) is 14.3. The molecular formula is C17H26N2O4. The van der Waals surface area contributed by atoms with Gasteiger partial charge in [-0.15, -0.1) is 0 Å². The number of carbonyl (C=O) groups excluding carboxylic acids is 1. The number of aliphatic hydroxyl groups is 3. The molecule has 0 bridgehead atoms. The molecule has 0 aromatic heterocycles. The zero-order valence-electron chi connectivity index (χ0n) is 13.5. The summed E-state index contributed by atoms with van der Waals surface area (Å²) < 4.78 is 0. The van der Waals surface area contributed by atoms with Crippen LogP contribution in [0, 0.1) is 6.92 Å². The Bertz CT molecular complexity index is 533. The highest BCUT2D eigenvalue weighted by atomic mass is 16.3. The first-order valence-electron chi connectivity index (χ1n) is 8.01. The van der Waals surface area contributed by atoms with Crippen molar-refractivity contribution < 1.29 is 20.1 Å². The van der Waals surface area contributed by atoms with Crippen molar-refractivity contribution in [1.82, 2.24) is 10.2 Å². The molecule has 1 fully saturated rings. The summed E-state index contributed by atoms with van der Waals surface area (Å²) in [6.45, 7) is 2.65. The second-order valence-corrected chi connectivity index (χ2v) is 6.29. The van der Waals surface area contributed by atoms with Crippen molar-refractivity contribution in [1.29, 1.82) is 0 Å². The highest BCUT2D eigenvalue weighted by Gasteiger charge is 2.42. The average Bonchev–Trinajstić information content (AvgIpc) is 2.53. The molecule has 1 unspecified atom stereocenters. The van der Waals surface area contributed by atoms with Crippen LogP contribution >= 0.6 is 0 Å². The Balaban J connectivity index is 2.02. The van der Waals surface area contributed by atoms with Crippen molar-refractivity contribution in [3.05, 3.63) is 35.4 Å². The van der Waals surface area contributed by atoms with Crippen molar-refractivity contribution in [2.45, 2.75) is 38.0 Å². The Kier molecular flexibility index (Phi) is 6.12. The molecular weight excluding hydrogens is 296 g/mol. The maximum atomic E-state index is 12.6. The molecule has 1 aromatic rings. The van der Waals surface area contributed by atoms with Crippen molar-refractivity contribution in [2.75, 3.05) is 26.3 Å². The van der Waals surface area contributed by atoms with E-state index in [-0.39, 0.29) is 25.7 Å². The second-order valence-electron chi connectivity index (χ2n) is 6.29. The largest absolute Gasteiger partial charge is 0.395 e. The van der Waals surface area contributed by atoms with Gasteiger partial charge in [0.15, 0.2) is 5.60 Å². The minimum atomic E-state index is -1.48. The maximum Gasteiger partial charge on any atom is 0.256 e. The number of hydrogen-bond donors (Lipinski definition) is 4. The van der Waals surface area contributed by atoms with Crippen LogP contribution < -0.4 is 5.32 Å². The molecule has 4 N–H and O–H groups in total. The molecule has 1 atom stereocenters. The molecule has 1 aliphatic heterocycles. The number of amides is 1. The minimum Gasteiger partial charge on any atom is -0.395 e. The van der Waals surface area contributed by atoms with Crippen LogP contribution in [-0.4, -0.2) is 64.1 Å². The van der Waals surface area contributed by atoms with Crippen LogP contribution in [0.4, 0.5) is 0 Å². The lowest BCUT2D eigenvalue weighted by Gasteiger charge is -2.39.